The van der Waals surface area contributed by atoms with Crippen LogP contribution in [-0.2, 0) is 0 Å². The van der Waals surface area contributed by atoms with Crippen LogP contribution in [0.4, 0.5) is 0 Å². The van der Waals surface area contributed by atoms with Gasteiger partial charge in [0.2, 0.25) is 0 Å². The molecule has 3 aromatic heterocycles. The molecule has 0 spiro atoms. The van der Waals surface area contributed by atoms with E-state index in [2.05, 4.69) is 132 Å². The van der Waals surface area contributed by atoms with Crippen LogP contribution in [0.25, 0.3) is 78.6 Å². The second-order valence-electron chi connectivity index (χ2n) is 13.8. The molecule has 0 saturated carbocycles. The molecule has 258 valence electrons. The highest BCUT2D eigenvalue weighted by Crippen LogP contribution is 2.46. The first kappa shape index (κ1) is 31.8. The predicted molar refractivity (Wildman–Crippen MR) is 238 cm³/mol. The molecule has 1 N–H and O–H groups in total. The number of para-hydroxylation sites is 2. The fourth-order valence-corrected chi connectivity index (χ4v) is 10.5. The minimum absolute atomic E-state index is 0.167. The molecule has 8 aromatic carbocycles. The van der Waals surface area contributed by atoms with Gasteiger partial charge in [0.1, 0.15) is 0 Å². The van der Waals surface area contributed by atoms with Crippen molar-refractivity contribution in [2.45, 2.75) is 0 Å². The summed E-state index contributed by atoms with van der Waals surface area (Å²) in [5.41, 5.74) is 5.85. The number of aromatic nitrogens is 1. The molecule has 0 aliphatic carbocycles. The Morgan fingerprint density at radius 2 is 1.20 bits per heavy atom. The molecule has 4 nitrogen and oxygen atoms in total. The third kappa shape index (κ3) is 5.22. The van der Waals surface area contributed by atoms with Gasteiger partial charge in [-0.1, -0.05) is 127 Å². The maximum atomic E-state index is 9.85. The van der Waals surface area contributed by atoms with Gasteiger partial charge >= 0.3 is 0 Å². The Morgan fingerprint density at radius 1 is 0.527 bits per heavy atom. The van der Waals surface area contributed by atoms with Crippen LogP contribution in [-0.4, -0.2) is 22.5 Å². The lowest BCUT2D eigenvalue weighted by atomic mass is 10.0. The zero-order valence-corrected chi connectivity index (χ0v) is 31.0. The van der Waals surface area contributed by atoms with Crippen LogP contribution in [0.5, 0.6) is 0 Å². The molecular formula is C49H30N4S2. The summed E-state index contributed by atoms with van der Waals surface area (Å²) in [7, 11) is 0. The summed E-state index contributed by atoms with van der Waals surface area (Å²) in [5, 5.41) is 19.4. The van der Waals surface area contributed by atoms with Crippen LogP contribution in [0, 0.1) is 5.41 Å². The Morgan fingerprint density at radius 3 is 2.00 bits per heavy atom. The molecule has 3 heterocycles. The van der Waals surface area contributed by atoms with Gasteiger partial charge in [-0.2, -0.15) is 0 Å². The molecule has 55 heavy (non-hydrogen) atoms. The molecule has 0 saturated heterocycles. The van der Waals surface area contributed by atoms with Gasteiger partial charge in [-0.25, -0.2) is 9.98 Å². The van der Waals surface area contributed by atoms with Crippen LogP contribution in [0.1, 0.15) is 16.7 Å². The number of fused-ring (bicyclic) bond motifs is 11. The molecule has 0 aliphatic heterocycles. The van der Waals surface area contributed by atoms with Gasteiger partial charge in [-0.05, 0) is 58.8 Å². The maximum absolute atomic E-state index is 9.85. The first-order valence-corrected chi connectivity index (χ1v) is 19.9. The van der Waals surface area contributed by atoms with Crippen molar-refractivity contribution >= 4 is 113 Å². The van der Waals surface area contributed by atoms with Gasteiger partial charge in [0.25, 0.3) is 0 Å². The van der Waals surface area contributed by atoms with Crippen molar-refractivity contribution in [1.82, 2.24) is 4.57 Å². The standard InChI is InChI=1S/C49H30N4S2/c50-48(52-49(51-29-30-12-2-1-3-13-30)33-23-22-31-14-4-5-15-32(31)26-33)40-28-34(53-41-19-9-6-16-35(41)36-17-7-10-20-42(36)53)27-39-45-44(55-46(39)40)25-24-38-37-18-8-11-21-43(37)54-47(38)45/h1-29,50H/b50-48?,51-29+,52-49-. The number of hydrogen-bond acceptors (Lipinski definition) is 3. The summed E-state index contributed by atoms with van der Waals surface area (Å²) < 4.78 is 7.13. The van der Waals surface area contributed by atoms with Crippen LogP contribution < -0.4 is 0 Å². The molecule has 0 atom stereocenters. The molecular weight excluding hydrogens is 709 g/mol. The van der Waals surface area contributed by atoms with E-state index in [4.69, 9.17) is 9.98 Å². The molecule has 0 aliphatic rings. The molecule has 0 amide bonds. The predicted octanol–water partition coefficient (Wildman–Crippen LogP) is 13.6. The zero-order chi connectivity index (χ0) is 36.5. The molecule has 11 aromatic rings. The van der Waals surface area contributed by atoms with E-state index in [0.717, 1.165) is 54.3 Å². The fraction of sp³-hybridized carbons (Fsp3) is 0. The number of nitrogens with zero attached hydrogens (tertiary/aromatic N) is 3. The summed E-state index contributed by atoms with van der Waals surface area (Å²) in [6, 6.07) is 59.5. The number of benzene rings is 8. The van der Waals surface area contributed by atoms with Gasteiger partial charge in [-0.3, -0.25) is 5.41 Å². The van der Waals surface area contributed by atoms with E-state index in [1.54, 1.807) is 11.3 Å². The third-order valence-corrected chi connectivity index (χ3v) is 12.9. The van der Waals surface area contributed by atoms with E-state index in [1.807, 2.05) is 60.0 Å². The van der Waals surface area contributed by atoms with E-state index < -0.39 is 0 Å². The highest BCUT2D eigenvalue weighted by Gasteiger charge is 2.21. The topological polar surface area (TPSA) is 53.5 Å². The van der Waals surface area contributed by atoms with Crippen molar-refractivity contribution in [3.8, 4) is 5.69 Å². The smallest absolute Gasteiger partial charge is 0.161 e. The van der Waals surface area contributed by atoms with Crippen molar-refractivity contribution < 1.29 is 0 Å². The van der Waals surface area contributed by atoms with Crippen molar-refractivity contribution in [3.05, 3.63) is 187 Å². The third-order valence-electron chi connectivity index (χ3n) is 10.5. The van der Waals surface area contributed by atoms with Crippen LogP contribution >= 0.6 is 22.7 Å². The summed E-state index contributed by atoms with van der Waals surface area (Å²) in [6.07, 6.45) is 1.84. The summed E-state index contributed by atoms with van der Waals surface area (Å²) in [4.78, 5) is 10.1. The van der Waals surface area contributed by atoms with E-state index in [-0.39, 0.29) is 5.84 Å². The average Bonchev–Trinajstić information content (AvgIpc) is 3.91. The van der Waals surface area contributed by atoms with Gasteiger partial charge in [0.15, 0.2) is 11.7 Å². The van der Waals surface area contributed by atoms with Gasteiger partial charge in [0, 0.05) is 74.1 Å². The van der Waals surface area contributed by atoms with E-state index in [0.29, 0.717) is 5.84 Å². The number of thiophene rings is 2. The SMILES string of the molecule is N=C(/N=C(\N=C\c1ccccc1)c1ccc2ccccc2c1)c1cc(-n2c3ccccc3c3ccccc32)cc2c1sc1ccc3c4ccccc4sc3c12. The van der Waals surface area contributed by atoms with E-state index >= 15 is 0 Å². The lowest BCUT2D eigenvalue weighted by molar-refractivity contribution is 1.18. The summed E-state index contributed by atoms with van der Waals surface area (Å²) in [5.74, 6) is 0.656. The first-order valence-electron chi connectivity index (χ1n) is 18.2. The highest BCUT2D eigenvalue weighted by molar-refractivity contribution is 7.30. The van der Waals surface area contributed by atoms with Crippen LogP contribution in [0.15, 0.2) is 180 Å². The second-order valence-corrected chi connectivity index (χ2v) is 15.9. The quantitative estimate of drug-likeness (QED) is 0.138. The van der Waals surface area contributed by atoms with E-state index in [9.17, 15) is 5.41 Å². The lowest BCUT2D eigenvalue weighted by Gasteiger charge is -2.12. The average molecular weight is 739 g/mol. The number of nitrogens with one attached hydrogen (secondary N) is 1. The fourth-order valence-electron chi connectivity index (χ4n) is 7.97. The molecule has 0 unspecified atom stereocenters. The zero-order valence-electron chi connectivity index (χ0n) is 29.4. The van der Waals surface area contributed by atoms with Gasteiger partial charge in [-0.15, -0.1) is 22.7 Å². The maximum Gasteiger partial charge on any atom is 0.161 e. The Bertz CT molecular complexity index is 3350. The number of amidine groups is 2. The Balaban J connectivity index is 1.20. The van der Waals surface area contributed by atoms with E-state index in [1.165, 1.54) is 41.0 Å². The van der Waals surface area contributed by atoms with Crippen molar-refractivity contribution in [2.75, 3.05) is 0 Å². The highest BCUT2D eigenvalue weighted by atomic mass is 32.1. The minimum atomic E-state index is 0.167. The first-order chi connectivity index (χ1) is 27.2. The molecule has 11 rings (SSSR count). The van der Waals surface area contributed by atoms with Crippen molar-refractivity contribution in [2.24, 2.45) is 9.98 Å². The second kappa shape index (κ2) is 12.7. The molecule has 0 radical (unpaired) electrons. The number of rotatable bonds is 4. The Hall–Kier alpha value is -6.73. The van der Waals surface area contributed by atoms with Gasteiger partial charge < -0.3 is 4.57 Å². The number of aliphatic imine (C=N–C) groups is 2. The monoisotopic (exact) mass is 738 g/mol. The normalized spacial score (nSPS) is 12.5. The summed E-state index contributed by atoms with van der Waals surface area (Å²) in [6.45, 7) is 0. The van der Waals surface area contributed by atoms with Gasteiger partial charge in [0.05, 0.1) is 11.0 Å². The van der Waals surface area contributed by atoms with Crippen LogP contribution in [0.3, 0.4) is 0 Å². The molecule has 0 fully saturated rings. The Labute approximate surface area is 324 Å². The summed E-state index contributed by atoms with van der Waals surface area (Å²) >= 11 is 3.58. The van der Waals surface area contributed by atoms with Crippen molar-refractivity contribution in [3.63, 3.8) is 0 Å². The Kier molecular flexibility index (Phi) is 7.33. The molecule has 0 bridgehead atoms. The van der Waals surface area contributed by atoms with Crippen LogP contribution in [0.2, 0.25) is 0 Å². The minimum Gasteiger partial charge on any atom is -0.309 e. The number of hydrogen-bond donors (Lipinski definition) is 1. The molecule has 6 heteroatoms. The largest absolute Gasteiger partial charge is 0.309 e. The van der Waals surface area contributed by atoms with Crippen molar-refractivity contribution in [1.29, 1.82) is 5.41 Å². The lowest BCUT2D eigenvalue weighted by Crippen LogP contribution is -2.06.